The van der Waals surface area contributed by atoms with E-state index in [1.807, 2.05) is 0 Å². The molecule has 1 aliphatic heterocycles. The van der Waals surface area contributed by atoms with Gasteiger partial charge in [0.15, 0.2) is 11.6 Å². The van der Waals surface area contributed by atoms with Crippen molar-refractivity contribution in [3.8, 4) is 11.4 Å². The lowest BCUT2D eigenvalue weighted by atomic mass is 9.30. The van der Waals surface area contributed by atoms with Gasteiger partial charge in [-0.15, -0.1) is 10.2 Å². The van der Waals surface area contributed by atoms with E-state index in [9.17, 15) is 22.4 Å². The molecule has 2 unspecified atom stereocenters. The first-order valence-electron chi connectivity index (χ1n) is 11.2. The number of amides is 2. The largest absolute Gasteiger partial charge is 0.423 e. The number of nitrogens with zero attached hydrogens (tertiary/aromatic N) is 5. The van der Waals surface area contributed by atoms with Gasteiger partial charge in [0.05, 0.1) is 18.0 Å². The summed E-state index contributed by atoms with van der Waals surface area (Å²) >= 11 is 0. The molecule has 3 fully saturated rings. The van der Waals surface area contributed by atoms with Crippen LogP contribution in [0.1, 0.15) is 43.5 Å². The van der Waals surface area contributed by atoms with Crippen molar-refractivity contribution < 1.29 is 26.8 Å². The molecule has 0 spiro atoms. The molecule has 1 saturated heterocycles. The van der Waals surface area contributed by atoms with Gasteiger partial charge in [0, 0.05) is 30.1 Å². The third-order valence-corrected chi connectivity index (χ3v) is 7.81. The van der Waals surface area contributed by atoms with E-state index in [1.54, 1.807) is 11.8 Å². The van der Waals surface area contributed by atoms with Gasteiger partial charge in [0.25, 0.3) is 0 Å². The fraction of sp³-hybridized carbons (Fsp3) is 0.435. The van der Waals surface area contributed by atoms with Gasteiger partial charge in [0.2, 0.25) is 11.8 Å². The Kier molecular flexibility index (Phi) is 4.38. The Hall–Kier alpha value is -3.57. The highest BCUT2D eigenvalue weighted by Gasteiger charge is 2.86. The number of benzene rings is 1. The summed E-state index contributed by atoms with van der Waals surface area (Å²) in [4.78, 5) is 22.5. The van der Waals surface area contributed by atoms with Crippen molar-refractivity contribution in [3.05, 3.63) is 53.8 Å². The maximum Gasteiger partial charge on any atom is 0.417 e. The number of rotatable bonds is 4. The zero-order valence-corrected chi connectivity index (χ0v) is 18.7. The second kappa shape index (κ2) is 6.98. The van der Waals surface area contributed by atoms with Gasteiger partial charge in [-0.25, -0.2) is 19.2 Å². The second-order valence-corrected chi connectivity index (χ2v) is 9.48. The van der Waals surface area contributed by atoms with Crippen molar-refractivity contribution in [2.24, 2.45) is 11.3 Å². The number of aromatic nitrogens is 4. The van der Waals surface area contributed by atoms with Gasteiger partial charge >= 0.3 is 12.2 Å². The lowest BCUT2D eigenvalue weighted by Crippen LogP contribution is -2.91. The van der Waals surface area contributed by atoms with Crippen LogP contribution in [-0.2, 0) is 11.7 Å². The van der Waals surface area contributed by atoms with Crippen LogP contribution in [0.15, 0.2) is 35.0 Å². The highest BCUT2D eigenvalue weighted by molar-refractivity contribution is 5.92. The average molecular weight is 488 g/mol. The molecular formula is C23H20F4N6O2. The Morgan fingerprint density at radius 3 is 2.60 bits per heavy atom. The van der Waals surface area contributed by atoms with Crippen LogP contribution in [0.5, 0.6) is 0 Å². The Morgan fingerprint density at radius 1 is 1.26 bits per heavy atom. The number of nitrogens with one attached hydrogen (secondary N) is 1. The van der Waals surface area contributed by atoms with Crippen molar-refractivity contribution in [1.29, 1.82) is 0 Å². The molecular weight excluding hydrogens is 468 g/mol. The molecule has 2 aliphatic carbocycles. The van der Waals surface area contributed by atoms with Gasteiger partial charge in [-0.05, 0) is 42.9 Å². The fourth-order valence-electron chi connectivity index (χ4n) is 6.41. The number of anilines is 1. The summed E-state index contributed by atoms with van der Waals surface area (Å²) in [6.07, 6.45) is -0.568. The number of piperidine rings is 3. The third-order valence-electron chi connectivity index (χ3n) is 7.81. The van der Waals surface area contributed by atoms with Crippen molar-refractivity contribution in [3.63, 3.8) is 0 Å². The first-order valence-corrected chi connectivity index (χ1v) is 11.2. The van der Waals surface area contributed by atoms with E-state index in [4.69, 9.17) is 4.42 Å². The Morgan fingerprint density at radius 2 is 2.00 bits per heavy atom. The summed E-state index contributed by atoms with van der Waals surface area (Å²) in [6.45, 7) is 3.81. The molecule has 12 heteroatoms. The number of hydrogen-bond acceptors (Lipinski definition) is 6. The van der Waals surface area contributed by atoms with E-state index in [0.717, 1.165) is 37.4 Å². The summed E-state index contributed by atoms with van der Waals surface area (Å²) in [5, 5.41) is 10.8. The smallest absolute Gasteiger partial charge is 0.417 e. The standard InChI is InChI=1S/C23H20F4N6O2/c1-3-21-7-16-17(21)22(10-21,19-32-31-11(2)35-19)33(16)20(34)30-13-4-5-15(23(25,26)27)14(6-13)18-28-8-12(24)9-29-18/h4-6,8-9,16-17H,3,7,10H2,1-2H3,(H,30,34)/t16?,17-,21-,22?/m0/s1. The van der Waals surface area contributed by atoms with E-state index in [0.29, 0.717) is 18.2 Å². The van der Waals surface area contributed by atoms with Gasteiger partial charge in [0.1, 0.15) is 5.54 Å². The highest BCUT2D eigenvalue weighted by atomic mass is 19.4. The molecule has 3 aliphatic rings. The van der Waals surface area contributed by atoms with Crippen LogP contribution in [0.3, 0.4) is 0 Å². The summed E-state index contributed by atoms with van der Waals surface area (Å²) in [6, 6.07) is 2.71. The average Bonchev–Trinajstić information content (AvgIpc) is 3.24. The van der Waals surface area contributed by atoms with Crippen molar-refractivity contribution in [1.82, 2.24) is 25.1 Å². The Balaban J connectivity index is 1.32. The van der Waals surface area contributed by atoms with Crippen LogP contribution in [0, 0.1) is 24.1 Å². The van der Waals surface area contributed by atoms with E-state index in [1.165, 1.54) is 6.07 Å². The minimum absolute atomic E-state index is 0.00487. The molecule has 8 nitrogen and oxygen atoms in total. The van der Waals surface area contributed by atoms with Crippen LogP contribution in [0.4, 0.5) is 28.0 Å². The third kappa shape index (κ3) is 2.88. The quantitative estimate of drug-likeness (QED) is 0.524. The molecule has 3 heterocycles. The van der Waals surface area contributed by atoms with Crippen LogP contribution in [0.25, 0.3) is 11.4 Å². The monoisotopic (exact) mass is 488 g/mol. The molecule has 2 amide bonds. The number of alkyl halides is 3. The highest BCUT2D eigenvalue weighted by Crippen LogP contribution is 2.81. The van der Waals surface area contributed by atoms with Gasteiger partial charge in [-0.3, -0.25) is 0 Å². The molecule has 0 bridgehead atoms. The Bertz CT molecular complexity index is 1340. The zero-order valence-electron chi connectivity index (χ0n) is 18.7. The van der Waals surface area contributed by atoms with E-state index < -0.39 is 29.1 Å². The maximum absolute atomic E-state index is 13.6. The van der Waals surface area contributed by atoms with Crippen LogP contribution < -0.4 is 5.32 Å². The topological polar surface area (TPSA) is 97.0 Å². The van der Waals surface area contributed by atoms with Crippen LogP contribution >= 0.6 is 0 Å². The number of aryl methyl sites for hydroxylation is 1. The van der Waals surface area contributed by atoms with Crippen molar-refractivity contribution in [2.75, 3.05) is 5.32 Å². The number of carbonyl (C=O) groups is 1. The first kappa shape index (κ1) is 21.9. The number of halogens is 4. The minimum Gasteiger partial charge on any atom is -0.423 e. The molecule has 2 aromatic heterocycles. The van der Waals surface area contributed by atoms with Gasteiger partial charge in [-0.1, -0.05) is 6.92 Å². The summed E-state index contributed by atoms with van der Waals surface area (Å²) in [5.41, 5.74) is -1.76. The summed E-state index contributed by atoms with van der Waals surface area (Å²) in [7, 11) is 0. The van der Waals surface area contributed by atoms with Gasteiger partial charge in [-0.2, -0.15) is 13.2 Å². The summed E-state index contributed by atoms with van der Waals surface area (Å²) in [5.74, 6) is -0.0604. The lowest BCUT2D eigenvalue weighted by Gasteiger charge is -2.84. The SMILES string of the molecule is CC[C@@]12CC3[C@@H]1C(c1nnc(C)o1)(C2)N3C(=O)Nc1ccc(C(F)(F)F)c(-c2ncc(F)cn2)c1. The molecule has 1 N–H and O–H groups in total. The minimum atomic E-state index is -4.69. The number of urea groups is 1. The molecule has 182 valence electrons. The van der Waals surface area contributed by atoms with Crippen LogP contribution in [0.2, 0.25) is 0 Å². The predicted molar refractivity (Wildman–Crippen MR) is 113 cm³/mol. The fourth-order valence-corrected chi connectivity index (χ4v) is 6.41. The number of hydrogen-bond donors (Lipinski definition) is 1. The van der Waals surface area contributed by atoms with Crippen LogP contribution in [-0.4, -0.2) is 37.1 Å². The summed E-state index contributed by atoms with van der Waals surface area (Å²) < 4.78 is 59.8. The first-order chi connectivity index (χ1) is 16.6. The van der Waals surface area contributed by atoms with Gasteiger partial charge < -0.3 is 14.6 Å². The second-order valence-electron chi connectivity index (χ2n) is 9.48. The predicted octanol–water partition coefficient (Wildman–Crippen LogP) is 4.92. The maximum atomic E-state index is 13.6. The van der Waals surface area contributed by atoms with E-state index in [-0.39, 0.29) is 34.4 Å². The molecule has 35 heavy (non-hydrogen) atoms. The van der Waals surface area contributed by atoms with Crippen molar-refractivity contribution >= 4 is 11.7 Å². The normalized spacial score (nSPS) is 28.5. The Labute approximate surface area is 196 Å². The molecule has 3 aromatic rings. The molecule has 4 atom stereocenters. The van der Waals surface area contributed by atoms with Crippen molar-refractivity contribution in [2.45, 2.75) is 50.9 Å². The molecule has 2 saturated carbocycles. The number of carbonyl (C=O) groups excluding carboxylic acids is 1. The molecule has 1 aromatic carbocycles. The van der Waals surface area contributed by atoms with E-state index in [2.05, 4.69) is 32.4 Å². The molecule has 6 rings (SSSR count). The number of likely N-dealkylation sites (tertiary alicyclic amines) is 1. The zero-order chi connectivity index (χ0) is 24.8. The molecule has 0 radical (unpaired) electrons. The van der Waals surface area contributed by atoms with E-state index >= 15 is 0 Å². The lowest BCUT2D eigenvalue weighted by molar-refractivity contribution is -0.358.